The first-order valence-electron chi connectivity index (χ1n) is 14.2. The number of rotatable bonds is 9. The highest BCUT2D eigenvalue weighted by molar-refractivity contribution is 6.47. The summed E-state index contributed by atoms with van der Waals surface area (Å²) < 4.78 is 27.3. The van der Waals surface area contributed by atoms with Gasteiger partial charge in [0.2, 0.25) is 5.91 Å². The molecule has 2 aromatic rings. The van der Waals surface area contributed by atoms with Gasteiger partial charge in [-0.25, -0.2) is 4.39 Å². The van der Waals surface area contributed by atoms with Crippen LogP contribution >= 0.6 is 0 Å². The Balaban J connectivity index is 1.31. The second kappa shape index (κ2) is 10.7. The van der Waals surface area contributed by atoms with Crippen LogP contribution in [0, 0.1) is 29.0 Å². The Bertz CT molecular complexity index is 1210. The van der Waals surface area contributed by atoms with Crippen LogP contribution < -0.4 is 10.6 Å². The number of amides is 2. The van der Waals surface area contributed by atoms with Crippen molar-refractivity contribution in [2.45, 2.75) is 84.0 Å². The minimum atomic E-state index is -0.702. The summed E-state index contributed by atoms with van der Waals surface area (Å²) in [7, 11) is -0.534. The molecule has 3 saturated carbocycles. The van der Waals surface area contributed by atoms with Gasteiger partial charge in [0.25, 0.3) is 5.91 Å². The highest BCUT2D eigenvalue weighted by atomic mass is 19.1. The van der Waals surface area contributed by atoms with Gasteiger partial charge in [-0.15, -0.1) is 0 Å². The smallest absolute Gasteiger partial charge is 0.404 e. The molecule has 1 saturated heterocycles. The van der Waals surface area contributed by atoms with E-state index in [1.165, 1.54) is 12.1 Å². The van der Waals surface area contributed by atoms with E-state index >= 15 is 0 Å². The van der Waals surface area contributed by atoms with E-state index in [1.54, 1.807) is 36.4 Å². The number of carbonyl (C=O) groups is 2. The molecule has 6 rings (SSSR count). The van der Waals surface area contributed by atoms with Crippen LogP contribution in [0.4, 0.5) is 4.39 Å². The van der Waals surface area contributed by atoms with Gasteiger partial charge in [-0.1, -0.05) is 58.0 Å². The van der Waals surface area contributed by atoms with E-state index in [0.717, 1.165) is 12.8 Å². The molecule has 208 valence electrons. The van der Waals surface area contributed by atoms with E-state index in [-0.39, 0.29) is 41.3 Å². The number of nitrogens with one attached hydrogen (secondary N) is 2. The van der Waals surface area contributed by atoms with E-state index in [4.69, 9.17) is 9.31 Å². The van der Waals surface area contributed by atoms with Crippen molar-refractivity contribution in [3.63, 3.8) is 0 Å². The van der Waals surface area contributed by atoms with E-state index in [0.29, 0.717) is 35.3 Å². The van der Waals surface area contributed by atoms with Gasteiger partial charge in [0.15, 0.2) is 0 Å². The maximum Gasteiger partial charge on any atom is 0.481 e. The van der Waals surface area contributed by atoms with E-state index in [2.05, 4.69) is 45.3 Å². The molecule has 2 bridgehead atoms. The third-order valence-electron chi connectivity index (χ3n) is 9.35. The van der Waals surface area contributed by atoms with Gasteiger partial charge in [0.1, 0.15) is 5.82 Å². The van der Waals surface area contributed by atoms with E-state index < -0.39 is 19.0 Å². The molecule has 1 heterocycles. The summed E-state index contributed by atoms with van der Waals surface area (Å²) in [6.07, 6.45) is 2.81. The van der Waals surface area contributed by atoms with Crippen molar-refractivity contribution in [1.29, 1.82) is 0 Å². The third kappa shape index (κ3) is 5.51. The normalized spacial score (nSPS) is 28.3. The summed E-state index contributed by atoms with van der Waals surface area (Å²) in [5, 5.41) is 6.09. The molecular weight excluding hydrogens is 494 g/mol. The molecule has 4 fully saturated rings. The van der Waals surface area contributed by atoms with Gasteiger partial charge < -0.3 is 19.9 Å². The predicted molar refractivity (Wildman–Crippen MR) is 149 cm³/mol. The van der Waals surface area contributed by atoms with Crippen LogP contribution in [-0.4, -0.2) is 36.6 Å². The maximum absolute atomic E-state index is 14.1. The number of benzene rings is 2. The van der Waals surface area contributed by atoms with Crippen LogP contribution in [0.25, 0.3) is 0 Å². The van der Waals surface area contributed by atoms with E-state index in [1.807, 2.05) is 6.07 Å². The number of halogens is 1. The fraction of sp³-hybridized carbons (Fsp3) is 0.548. The summed E-state index contributed by atoms with van der Waals surface area (Å²) in [5.74, 6) is 0.0473. The first-order chi connectivity index (χ1) is 18.5. The van der Waals surface area contributed by atoms with Crippen molar-refractivity contribution in [1.82, 2.24) is 10.6 Å². The summed E-state index contributed by atoms with van der Waals surface area (Å²) in [5.41, 5.74) is 0.872. The molecule has 0 aromatic heterocycles. The lowest BCUT2D eigenvalue weighted by Gasteiger charge is -2.64. The lowest BCUT2D eigenvalue weighted by atomic mass is 9.43. The summed E-state index contributed by atoms with van der Waals surface area (Å²) in [6.45, 7) is 11.0. The molecule has 3 aliphatic carbocycles. The summed E-state index contributed by atoms with van der Waals surface area (Å²) in [6, 6.07) is 14.1. The van der Waals surface area contributed by atoms with Crippen molar-refractivity contribution < 1.29 is 23.3 Å². The predicted octanol–water partition coefficient (Wildman–Crippen LogP) is 5.49. The van der Waals surface area contributed by atoms with Crippen LogP contribution in [-0.2, 0) is 14.1 Å². The van der Waals surface area contributed by atoms with Crippen molar-refractivity contribution in [2.24, 2.45) is 23.2 Å². The highest BCUT2D eigenvalue weighted by Gasteiger charge is 2.68. The molecule has 2 aromatic carbocycles. The molecule has 4 aliphatic rings. The molecule has 6 nitrogen and oxygen atoms in total. The van der Waals surface area contributed by atoms with Crippen LogP contribution in [0.3, 0.4) is 0 Å². The maximum atomic E-state index is 14.1. The highest BCUT2D eigenvalue weighted by Crippen LogP contribution is 2.65. The molecule has 1 unspecified atom stereocenters. The van der Waals surface area contributed by atoms with Crippen molar-refractivity contribution in [3.8, 4) is 0 Å². The largest absolute Gasteiger partial charge is 0.481 e. The van der Waals surface area contributed by atoms with Crippen molar-refractivity contribution in [3.05, 3.63) is 71.5 Å². The number of hydrogen-bond donors (Lipinski definition) is 2. The first-order valence-corrected chi connectivity index (χ1v) is 14.2. The zero-order chi connectivity index (χ0) is 27.9. The average Bonchev–Trinajstić information content (AvgIpc) is 3.25. The Morgan fingerprint density at radius 2 is 1.79 bits per heavy atom. The molecule has 6 atom stereocenters. The molecule has 8 heteroatoms. The average molecular weight is 534 g/mol. The van der Waals surface area contributed by atoms with Crippen LogP contribution in [0.1, 0.15) is 82.3 Å². The van der Waals surface area contributed by atoms with Crippen LogP contribution in [0.2, 0.25) is 0 Å². The second-order valence-electron chi connectivity index (χ2n) is 12.8. The Hall–Kier alpha value is -2.71. The fourth-order valence-corrected chi connectivity index (χ4v) is 7.07. The van der Waals surface area contributed by atoms with Crippen LogP contribution in [0.15, 0.2) is 54.6 Å². The minimum Gasteiger partial charge on any atom is -0.404 e. The third-order valence-corrected chi connectivity index (χ3v) is 9.35. The minimum absolute atomic E-state index is 0.0241. The Morgan fingerprint density at radius 3 is 2.46 bits per heavy atom. The van der Waals surface area contributed by atoms with Gasteiger partial charge >= 0.3 is 7.12 Å². The summed E-state index contributed by atoms with van der Waals surface area (Å²) in [4.78, 5) is 26.4. The first kappa shape index (κ1) is 27.8. The lowest BCUT2D eigenvalue weighted by molar-refractivity contribution is -0.199. The van der Waals surface area contributed by atoms with Gasteiger partial charge in [-0.05, 0) is 79.2 Å². The second-order valence-corrected chi connectivity index (χ2v) is 12.8. The zero-order valence-electron chi connectivity index (χ0n) is 23.6. The van der Waals surface area contributed by atoms with Gasteiger partial charge in [-0.2, -0.15) is 0 Å². The quantitative estimate of drug-likeness (QED) is 0.418. The molecule has 1 aliphatic heterocycles. The van der Waals surface area contributed by atoms with Crippen LogP contribution in [0.5, 0.6) is 0 Å². The SMILES string of the molecule is CC(C)C[C@H](NC(=O)CC(NC(=O)c1ccccc1)c1cccc(F)c1)B1O[C@@H]2C[C@@H]3C[C@@H](C3(C)C)[C@]2(C)O1. The Labute approximate surface area is 231 Å². The van der Waals surface area contributed by atoms with Gasteiger partial charge in [0, 0.05) is 5.56 Å². The molecule has 2 amide bonds. The number of carbonyl (C=O) groups excluding carboxylic acids is 2. The van der Waals surface area contributed by atoms with E-state index in [9.17, 15) is 14.0 Å². The molecule has 0 spiro atoms. The fourth-order valence-electron chi connectivity index (χ4n) is 7.07. The molecular formula is C31H40BFN2O4. The summed E-state index contributed by atoms with van der Waals surface area (Å²) >= 11 is 0. The standard InChI is InChI=1S/C31H40BFN2O4/c1-19(2)14-27(32-38-26-17-22-16-25(30(22,3)4)31(26,5)39-32)35-28(36)18-24(21-12-9-13-23(33)15-21)34-29(37)20-10-7-6-8-11-20/h6-13,15,19,22,24-27H,14,16-18H2,1-5H3,(H,34,37)(H,35,36)/t22-,24?,25-,26+,27-,31-/m0/s1. The monoisotopic (exact) mass is 534 g/mol. The molecule has 0 radical (unpaired) electrons. The van der Waals surface area contributed by atoms with Gasteiger partial charge in [-0.3, -0.25) is 9.59 Å². The zero-order valence-corrected chi connectivity index (χ0v) is 23.6. The lowest BCUT2D eigenvalue weighted by Crippen LogP contribution is -2.65. The molecule has 39 heavy (non-hydrogen) atoms. The number of hydrogen-bond acceptors (Lipinski definition) is 4. The van der Waals surface area contributed by atoms with Gasteiger partial charge in [0.05, 0.1) is 30.1 Å². The Kier molecular flexibility index (Phi) is 7.64. The van der Waals surface area contributed by atoms with Crippen molar-refractivity contribution >= 4 is 18.9 Å². The topological polar surface area (TPSA) is 76.7 Å². The Morgan fingerprint density at radius 1 is 1.05 bits per heavy atom. The molecule has 2 N–H and O–H groups in total. The van der Waals surface area contributed by atoms with Crippen molar-refractivity contribution in [2.75, 3.05) is 0 Å².